The van der Waals surface area contributed by atoms with Gasteiger partial charge in [0.1, 0.15) is 11.3 Å². The third-order valence-corrected chi connectivity index (χ3v) is 4.62. The molecule has 1 aliphatic carbocycles. The molecule has 112 valence electrons. The summed E-state index contributed by atoms with van der Waals surface area (Å²) in [5.74, 6) is 0.878. The monoisotopic (exact) mass is 279 g/mol. The number of aliphatic imine (C=N–C) groups is 1. The number of likely N-dealkylation sites (N-methyl/N-ethyl adjacent to an activating group) is 1. The maximum atomic E-state index is 12.5. The van der Waals surface area contributed by atoms with Gasteiger partial charge < -0.3 is 10.5 Å². The predicted molar refractivity (Wildman–Crippen MR) is 78.2 cm³/mol. The van der Waals surface area contributed by atoms with E-state index in [2.05, 4.69) is 4.99 Å². The van der Waals surface area contributed by atoms with Gasteiger partial charge in [0.05, 0.1) is 0 Å². The number of carbonyl (C=O) groups is 2. The van der Waals surface area contributed by atoms with Crippen LogP contribution in [0.3, 0.4) is 0 Å². The molecule has 0 spiro atoms. The number of hydrogen-bond acceptors (Lipinski definition) is 4. The predicted octanol–water partition coefficient (Wildman–Crippen LogP) is 1.85. The van der Waals surface area contributed by atoms with Crippen molar-refractivity contribution < 1.29 is 9.59 Å². The van der Waals surface area contributed by atoms with E-state index in [0.717, 1.165) is 19.3 Å². The van der Waals surface area contributed by atoms with E-state index in [4.69, 9.17) is 5.73 Å². The van der Waals surface area contributed by atoms with Crippen LogP contribution < -0.4 is 5.73 Å². The molecule has 1 fully saturated rings. The molecule has 0 bridgehead atoms. The molecule has 20 heavy (non-hydrogen) atoms. The molecule has 2 aliphatic rings. The molecule has 0 aromatic carbocycles. The van der Waals surface area contributed by atoms with E-state index in [0.29, 0.717) is 18.8 Å². The summed E-state index contributed by atoms with van der Waals surface area (Å²) >= 11 is 0. The standard InChI is InChI=1S/C15H25N3O2/c1-11(19)8-9-15(10-12-6-4-3-5-7-12)13(20)18(2)14(16)17-15/h12H,3-10H2,1-2H3,(H2,16,17). The van der Waals surface area contributed by atoms with Crippen molar-refractivity contribution in [1.29, 1.82) is 0 Å². The van der Waals surface area contributed by atoms with Crippen molar-refractivity contribution in [2.24, 2.45) is 16.6 Å². The van der Waals surface area contributed by atoms with E-state index in [1.165, 1.54) is 24.2 Å². The van der Waals surface area contributed by atoms with Crippen LogP contribution in [0.4, 0.5) is 0 Å². The van der Waals surface area contributed by atoms with Crippen molar-refractivity contribution in [1.82, 2.24) is 4.90 Å². The average molecular weight is 279 g/mol. The number of Topliss-reactive ketones (excluding diaryl/α,β-unsaturated/α-hetero) is 1. The SMILES string of the molecule is CC(=O)CCC1(CC2CCCCC2)N=C(N)N(C)C1=O. The fourth-order valence-corrected chi connectivity index (χ4v) is 3.41. The van der Waals surface area contributed by atoms with Crippen LogP contribution in [0.1, 0.15) is 58.3 Å². The second-order valence-corrected chi connectivity index (χ2v) is 6.28. The summed E-state index contributed by atoms with van der Waals surface area (Å²) in [4.78, 5) is 29.7. The molecular weight excluding hydrogens is 254 g/mol. The van der Waals surface area contributed by atoms with Gasteiger partial charge in [0.25, 0.3) is 5.91 Å². The molecular formula is C15H25N3O2. The van der Waals surface area contributed by atoms with E-state index < -0.39 is 5.54 Å². The Morgan fingerprint density at radius 3 is 2.55 bits per heavy atom. The van der Waals surface area contributed by atoms with Crippen molar-refractivity contribution in [2.75, 3.05) is 7.05 Å². The molecule has 1 atom stereocenters. The normalized spacial score (nSPS) is 27.8. The van der Waals surface area contributed by atoms with E-state index in [9.17, 15) is 9.59 Å². The second-order valence-electron chi connectivity index (χ2n) is 6.28. The number of hydrogen-bond donors (Lipinski definition) is 1. The third kappa shape index (κ3) is 3.02. The van der Waals surface area contributed by atoms with Gasteiger partial charge in [0.2, 0.25) is 0 Å². The van der Waals surface area contributed by atoms with Crippen molar-refractivity contribution >= 4 is 17.6 Å². The number of carbonyl (C=O) groups excluding carboxylic acids is 2. The van der Waals surface area contributed by atoms with Crippen LogP contribution in [0, 0.1) is 5.92 Å². The molecule has 1 heterocycles. The Morgan fingerprint density at radius 2 is 2.05 bits per heavy atom. The summed E-state index contributed by atoms with van der Waals surface area (Å²) in [5.41, 5.74) is 5.04. The Kier molecular flexibility index (Phi) is 4.45. The Balaban J connectivity index is 2.15. The molecule has 0 radical (unpaired) electrons. The zero-order valence-electron chi connectivity index (χ0n) is 12.5. The Morgan fingerprint density at radius 1 is 1.40 bits per heavy atom. The number of ketones is 1. The number of amides is 1. The minimum atomic E-state index is -0.785. The van der Waals surface area contributed by atoms with Crippen LogP contribution in [-0.4, -0.2) is 35.1 Å². The summed E-state index contributed by atoms with van der Waals surface area (Å²) in [5, 5.41) is 0. The zero-order chi connectivity index (χ0) is 14.8. The topological polar surface area (TPSA) is 75.8 Å². The molecule has 0 aromatic rings. The van der Waals surface area contributed by atoms with Gasteiger partial charge in [-0.25, -0.2) is 4.99 Å². The number of guanidine groups is 1. The van der Waals surface area contributed by atoms with Crippen LogP contribution in [-0.2, 0) is 9.59 Å². The largest absolute Gasteiger partial charge is 0.369 e. The van der Waals surface area contributed by atoms with Crippen molar-refractivity contribution in [2.45, 2.75) is 63.8 Å². The molecule has 0 saturated heterocycles. The van der Waals surface area contributed by atoms with E-state index in [1.54, 1.807) is 14.0 Å². The molecule has 1 amide bonds. The third-order valence-electron chi connectivity index (χ3n) is 4.62. The summed E-state index contributed by atoms with van der Waals surface area (Å²) in [7, 11) is 1.66. The van der Waals surface area contributed by atoms with E-state index >= 15 is 0 Å². The fraction of sp³-hybridized carbons (Fsp3) is 0.800. The van der Waals surface area contributed by atoms with Gasteiger partial charge in [0.15, 0.2) is 5.96 Å². The van der Waals surface area contributed by atoms with Crippen molar-refractivity contribution in [3.05, 3.63) is 0 Å². The molecule has 1 saturated carbocycles. The lowest BCUT2D eigenvalue weighted by Crippen LogP contribution is -2.43. The molecule has 0 aromatic heterocycles. The van der Waals surface area contributed by atoms with Gasteiger partial charge in [0, 0.05) is 13.5 Å². The Bertz CT molecular complexity index is 427. The maximum Gasteiger partial charge on any atom is 0.257 e. The average Bonchev–Trinajstić information content (AvgIpc) is 2.63. The smallest absolute Gasteiger partial charge is 0.257 e. The highest BCUT2D eigenvalue weighted by molar-refractivity contribution is 6.06. The van der Waals surface area contributed by atoms with E-state index in [1.807, 2.05) is 0 Å². The maximum absolute atomic E-state index is 12.5. The van der Waals surface area contributed by atoms with Gasteiger partial charge in [-0.15, -0.1) is 0 Å². The van der Waals surface area contributed by atoms with Gasteiger partial charge in [-0.1, -0.05) is 32.1 Å². The van der Waals surface area contributed by atoms with Crippen LogP contribution in [0.15, 0.2) is 4.99 Å². The van der Waals surface area contributed by atoms with Crippen LogP contribution in [0.2, 0.25) is 0 Å². The lowest BCUT2D eigenvalue weighted by atomic mass is 9.77. The summed E-state index contributed by atoms with van der Waals surface area (Å²) in [6.07, 6.45) is 7.70. The molecule has 1 unspecified atom stereocenters. The Labute approximate surface area is 120 Å². The minimum Gasteiger partial charge on any atom is -0.369 e. The first-order chi connectivity index (χ1) is 9.44. The first-order valence-electron chi connectivity index (χ1n) is 7.57. The first kappa shape index (κ1) is 15.0. The van der Waals surface area contributed by atoms with Crippen molar-refractivity contribution in [3.63, 3.8) is 0 Å². The van der Waals surface area contributed by atoms with Gasteiger partial charge in [-0.2, -0.15) is 0 Å². The summed E-state index contributed by atoms with van der Waals surface area (Å²) in [6.45, 7) is 1.56. The molecule has 2 N–H and O–H groups in total. The fourth-order valence-electron chi connectivity index (χ4n) is 3.41. The quantitative estimate of drug-likeness (QED) is 0.834. The summed E-state index contributed by atoms with van der Waals surface area (Å²) in [6, 6.07) is 0. The van der Waals surface area contributed by atoms with Crippen LogP contribution >= 0.6 is 0 Å². The zero-order valence-corrected chi connectivity index (χ0v) is 12.5. The van der Waals surface area contributed by atoms with E-state index in [-0.39, 0.29) is 17.6 Å². The molecule has 5 heteroatoms. The van der Waals surface area contributed by atoms with Crippen LogP contribution in [0.25, 0.3) is 0 Å². The molecule has 5 nitrogen and oxygen atoms in total. The minimum absolute atomic E-state index is 0.0400. The van der Waals surface area contributed by atoms with Gasteiger partial charge in [-0.05, 0) is 25.7 Å². The number of rotatable bonds is 5. The lowest BCUT2D eigenvalue weighted by molar-refractivity contribution is -0.131. The lowest BCUT2D eigenvalue weighted by Gasteiger charge is -2.31. The number of nitrogens with zero attached hydrogens (tertiary/aromatic N) is 2. The highest BCUT2D eigenvalue weighted by atomic mass is 16.2. The highest BCUT2D eigenvalue weighted by Gasteiger charge is 2.47. The summed E-state index contributed by atoms with van der Waals surface area (Å²) < 4.78 is 0. The second kappa shape index (κ2) is 5.94. The molecule has 1 aliphatic heterocycles. The first-order valence-corrected chi connectivity index (χ1v) is 7.57. The van der Waals surface area contributed by atoms with Crippen molar-refractivity contribution in [3.8, 4) is 0 Å². The Hall–Kier alpha value is -1.39. The van der Waals surface area contributed by atoms with Crippen LogP contribution in [0.5, 0.6) is 0 Å². The molecule has 2 rings (SSSR count). The van der Waals surface area contributed by atoms with Gasteiger partial charge >= 0.3 is 0 Å². The highest BCUT2D eigenvalue weighted by Crippen LogP contribution is 2.38. The number of nitrogens with two attached hydrogens (primary N) is 1. The van der Waals surface area contributed by atoms with Gasteiger partial charge in [-0.3, -0.25) is 9.69 Å².